The van der Waals surface area contributed by atoms with Gasteiger partial charge < -0.3 is 10.2 Å². The van der Waals surface area contributed by atoms with Gasteiger partial charge in [0.1, 0.15) is 11.9 Å². The molecule has 2 atom stereocenters. The summed E-state index contributed by atoms with van der Waals surface area (Å²) in [5.74, 6) is -0.877. The smallest absolute Gasteiger partial charge is 0.243 e. The number of nitrogens with zero attached hydrogens (tertiary/aromatic N) is 2. The minimum absolute atomic E-state index is 0.0350. The third kappa shape index (κ3) is 8.62. The number of aryl methyl sites for hydroxylation is 1. The normalized spacial score (nSPS) is 13.1. The van der Waals surface area contributed by atoms with Crippen LogP contribution in [0.25, 0.3) is 0 Å². The maximum Gasteiger partial charge on any atom is 0.243 e. The molecule has 0 fully saturated rings. The molecule has 0 aliphatic rings. The Labute approximate surface area is 214 Å². The third-order valence-corrected chi connectivity index (χ3v) is 7.32. The molecule has 2 rings (SSSR count). The molecule has 0 saturated carbocycles. The molecule has 0 aliphatic heterocycles. The Kier molecular flexibility index (Phi) is 10.9. The average molecular weight is 520 g/mol. The third-order valence-electron chi connectivity index (χ3n) is 6.13. The molecule has 0 unspecified atom stereocenters. The zero-order valence-corrected chi connectivity index (χ0v) is 22.6. The lowest BCUT2D eigenvalue weighted by atomic mass is 10.1. The summed E-state index contributed by atoms with van der Waals surface area (Å²) < 4.78 is 39.5. The first-order valence-corrected chi connectivity index (χ1v) is 14.2. The number of carbonyl (C=O) groups is 2. The fourth-order valence-corrected chi connectivity index (χ4v) is 4.83. The van der Waals surface area contributed by atoms with Gasteiger partial charge in [-0.15, -0.1) is 0 Å². The summed E-state index contributed by atoms with van der Waals surface area (Å²) in [6, 6.07) is 12.3. The van der Waals surface area contributed by atoms with Crippen LogP contribution < -0.4 is 9.62 Å². The summed E-state index contributed by atoms with van der Waals surface area (Å²) in [5, 5.41) is 2.95. The number of halogens is 1. The number of hydrogen-bond acceptors (Lipinski definition) is 4. The zero-order chi connectivity index (χ0) is 26.9. The minimum Gasteiger partial charge on any atom is -0.352 e. The molecule has 0 aromatic heterocycles. The van der Waals surface area contributed by atoms with Gasteiger partial charge in [0.25, 0.3) is 0 Å². The summed E-state index contributed by atoms with van der Waals surface area (Å²) in [7, 11) is -3.54. The fraction of sp³-hybridized carbons (Fsp3) is 0.481. The van der Waals surface area contributed by atoms with Crippen LogP contribution in [-0.4, -0.2) is 50.0 Å². The van der Waals surface area contributed by atoms with Crippen molar-refractivity contribution in [1.29, 1.82) is 0 Å². The molecule has 2 aromatic rings. The van der Waals surface area contributed by atoms with Gasteiger partial charge in [0.15, 0.2) is 0 Å². The van der Waals surface area contributed by atoms with Crippen molar-refractivity contribution in [2.45, 2.75) is 72.0 Å². The largest absolute Gasteiger partial charge is 0.352 e. The number of sulfonamides is 1. The molecule has 198 valence electrons. The molecule has 1 N–H and O–H groups in total. The highest BCUT2D eigenvalue weighted by atomic mass is 32.2. The second kappa shape index (κ2) is 13.4. The van der Waals surface area contributed by atoms with E-state index in [0.717, 1.165) is 18.2 Å². The highest BCUT2D eigenvalue weighted by Crippen LogP contribution is 2.20. The molecule has 0 saturated heterocycles. The zero-order valence-electron chi connectivity index (χ0n) is 21.8. The Hall–Kier alpha value is -2.94. The van der Waals surface area contributed by atoms with Crippen molar-refractivity contribution >= 4 is 27.5 Å². The van der Waals surface area contributed by atoms with Crippen LogP contribution in [0.5, 0.6) is 0 Å². The molecule has 2 aromatic carbocycles. The predicted octanol–water partition coefficient (Wildman–Crippen LogP) is 4.40. The van der Waals surface area contributed by atoms with Gasteiger partial charge >= 0.3 is 0 Å². The molecule has 0 spiro atoms. The van der Waals surface area contributed by atoms with Crippen LogP contribution in [0.3, 0.4) is 0 Å². The van der Waals surface area contributed by atoms with Crippen LogP contribution in [0.4, 0.5) is 10.1 Å². The van der Waals surface area contributed by atoms with E-state index < -0.39 is 16.1 Å². The topological polar surface area (TPSA) is 86.8 Å². The van der Waals surface area contributed by atoms with Gasteiger partial charge in [0.05, 0.1) is 11.9 Å². The molecular weight excluding hydrogens is 481 g/mol. The Bertz CT molecular complexity index is 1100. The molecule has 9 heteroatoms. The lowest BCUT2D eigenvalue weighted by molar-refractivity contribution is -0.141. The lowest BCUT2D eigenvalue weighted by Crippen LogP contribution is -2.50. The van der Waals surface area contributed by atoms with E-state index in [1.54, 1.807) is 24.3 Å². The van der Waals surface area contributed by atoms with Gasteiger partial charge in [-0.3, -0.25) is 13.9 Å². The van der Waals surface area contributed by atoms with Crippen LogP contribution >= 0.6 is 0 Å². The number of hydrogen-bond donors (Lipinski definition) is 1. The number of rotatable bonds is 13. The van der Waals surface area contributed by atoms with Crippen molar-refractivity contribution in [2.24, 2.45) is 0 Å². The number of nitrogens with one attached hydrogen (secondary N) is 1. The van der Waals surface area contributed by atoms with Gasteiger partial charge in [-0.25, -0.2) is 12.8 Å². The molecule has 2 amide bonds. The van der Waals surface area contributed by atoms with E-state index in [-0.39, 0.29) is 49.6 Å². The van der Waals surface area contributed by atoms with Crippen LogP contribution in [0.1, 0.15) is 57.6 Å². The fourth-order valence-electron chi connectivity index (χ4n) is 3.86. The van der Waals surface area contributed by atoms with E-state index in [2.05, 4.69) is 5.32 Å². The molecule has 0 aliphatic carbocycles. The van der Waals surface area contributed by atoms with Crippen LogP contribution in [0.15, 0.2) is 48.5 Å². The van der Waals surface area contributed by atoms with Crippen molar-refractivity contribution < 1.29 is 22.4 Å². The maximum absolute atomic E-state index is 13.4. The van der Waals surface area contributed by atoms with Crippen molar-refractivity contribution in [2.75, 3.05) is 17.1 Å². The number of anilines is 1. The van der Waals surface area contributed by atoms with E-state index >= 15 is 0 Å². The average Bonchev–Trinajstić information content (AvgIpc) is 2.82. The molecule has 0 radical (unpaired) electrons. The van der Waals surface area contributed by atoms with E-state index in [0.29, 0.717) is 17.7 Å². The van der Waals surface area contributed by atoms with Crippen molar-refractivity contribution in [3.63, 3.8) is 0 Å². The molecule has 0 bridgehead atoms. The van der Waals surface area contributed by atoms with Gasteiger partial charge in [-0.05, 0) is 62.9 Å². The van der Waals surface area contributed by atoms with Gasteiger partial charge in [-0.2, -0.15) is 0 Å². The second-order valence-corrected chi connectivity index (χ2v) is 11.1. The SMILES string of the molecule is CC[C@H](C(=O)N[C@@H](C)CC)N(Cc1ccc(F)cc1)C(=O)CCCN(c1ccc(C)cc1)S(C)(=O)=O. The highest BCUT2D eigenvalue weighted by molar-refractivity contribution is 7.92. The van der Waals surface area contributed by atoms with Crippen LogP contribution in [0.2, 0.25) is 0 Å². The first-order chi connectivity index (χ1) is 17.0. The maximum atomic E-state index is 13.4. The Morgan fingerprint density at radius 2 is 1.61 bits per heavy atom. The van der Waals surface area contributed by atoms with E-state index in [9.17, 15) is 22.4 Å². The van der Waals surface area contributed by atoms with Crippen molar-refractivity contribution in [3.05, 3.63) is 65.5 Å². The van der Waals surface area contributed by atoms with E-state index in [4.69, 9.17) is 0 Å². The monoisotopic (exact) mass is 519 g/mol. The number of benzene rings is 2. The summed E-state index contributed by atoms with van der Waals surface area (Å²) in [4.78, 5) is 27.9. The minimum atomic E-state index is -3.54. The first kappa shape index (κ1) is 29.3. The van der Waals surface area contributed by atoms with Gasteiger partial charge in [0, 0.05) is 25.6 Å². The molecule has 36 heavy (non-hydrogen) atoms. The van der Waals surface area contributed by atoms with Gasteiger partial charge in [0.2, 0.25) is 21.8 Å². The molecular formula is C27H38FN3O4S. The summed E-state index contributed by atoms with van der Waals surface area (Å²) in [6.45, 7) is 7.92. The highest BCUT2D eigenvalue weighted by Gasteiger charge is 2.29. The predicted molar refractivity (Wildman–Crippen MR) is 142 cm³/mol. The van der Waals surface area contributed by atoms with E-state index in [1.807, 2.05) is 39.8 Å². The molecule has 0 heterocycles. The summed E-state index contributed by atoms with van der Waals surface area (Å²) in [5.41, 5.74) is 2.26. The van der Waals surface area contributed by atoms with Crippen LogP contribution in [-0.2, 0) is 26.2 Å². The van der Waals surface area contributed by atoms with Crippen molar-refractivity contribution in [3.8, 4) is 0 Å². The number of carbonyl (C=O) groups excluding carboxylic acids is 2. The Morgan fingerprint density at radius 3 is 2.14 bits per heavy atom. The van der Waals surface area contributed by atoms with Gasteiger partial charge in [-0.1, -0.05) is 43.7 Å². The summed E-state index contributed by atoms with van der Waals surface area (Å²) >= 11 is 0. The first-order valence-electron chi connectivity index (χ1n) is 12.3. The lowest BCUT2D eigenvalue weighted by Gasteiger charge is -2.32. The summed E-state index contributed by atoms with van der Waals surface area (Å²) in [6.07, 6.45) is 2.65. The molecule has 7 nitrogen and oxygen atoms in total. The number of amides is 2. The van der Waals surface area contributed by atoms with Crippen LogP contribution in [0, 0.1) is 12.7 Å². The Morgan fingerprint density at radius 1 is 1.00 bits per heavy atom. The second-order valence-electron chi connectivity index (χ2n) is 9.16. The standard InChI is InChI=1S/C27H38FN3O4S/c1-6-21(4)29-27(33)25(7-2)30(19-22-12-14-23(28)15-13-22)26(32)9-8-18-31(36(5,34)35)24-16-10-20(3)11-17-24/h10-17,21,25H,6-9,18-19H2,1-5H3,(H,29,33)/t21-,25+/m0/s1. The van der Waals surface area contributed by atoms with Crippen molar-refractivity contribution in [1.82, 2.24) is 10.2 Å². The quantitative estimate of drug-likeness (QED) is 0.425. The van der Waals surface area contributed by atoms with E-state index in [1.165, 1.54) is 21.3 Å². The Balaban J connectivity index is 2.21.